The zero-order valence-corrected chi connectivity index (χ0v) is 17.7. The molecule has 3 aliphatic rings. The molecule has 164 valence electrons. The molecule has 8 heteroatoms. The van der Waals surface area contributed by atoms with E-state index in [4.69, 9.17) is 9.47 Å². The summed E-state index contributed by atoms with van der Waals surface area (Å²) in [4.78, 5) is 35.2. The van der Waals surface area contributed by atoms with Gasteiger partial charge in [0.25, 0.3) is 0 Å². The fraction of sp³-hybridized carbons (Fsp3) is 0.682. The number of cyclic esters (lactones) is 1. The van der Waals surface area contributed by atoms with Crippen LogP contribution in [0.25, 0.3) is 0 Å². The van der Waals surface area contributed by atoms with Crippen LogP contribution in [0.2, 0.25) is 0 Å². The number of hydrogen-bond acceptors (Lipinski definition) is 7. The highest BCUT2D eigenvalue weighted by atomic mass is 16.6. The third-order valence-corrected chi connectivity index (χ3v) is 6.42. The van der Waals surface area contributed by atoms with E-state index in [1.54, 1.807) is 0 Å². The monoisotopic (exact) mass is 416 g/mol. The van der Waals surface area contributed by atoms with Gasteiger partial charge in [-0.25, -0.2) is 4.79 Å². The van der Waals surface area contributed by atoms with Crippen molar-refractivity contribution in [1.29, 1.82) is 0 Å². The van der Waals surface area contributed by atoms with Gasteiger partial charge in [-0.1, -0.05) is 0 Å². The Kier molecular flexibility index (Phi) is 6.72. The lowest BCUT2D eigenvalue weighted by atomic mass is 9.98. The molecule has 0 N–H and O–H groups in total. The number of esters is 1. The van der Waals surface area contributed by atoms with E-state index in [0.29, 0.717) is 26.2 Å². The molecule has 1 aromatic heterocycles. The average molecular weight is 417 g/mol. The molecule has 3 aliphatic heterocycles. The molecule has 2 unspecified atom stereocenters. The van der Waals surface area contributed by atoms with E-state index in [-0.39, 0.29) is 30.1 Å². The summed E-state index contributed by atoms with van der Waals surface area (Å²) in [5.74, 6) is -0.169. The first-order valence-corrected chi connectivity index (χ1v) is 11.1. The van der Waals surface area contributed by atoms with Gasteiger partial charge in [0.1, 0.15) is 6.10 Å². The highest BCUT2D eigenvalue weighted by molar-refractivity contribution is 5.73. The molecule has 3 saturated heterocycles. The van der Waals surface area contributed by atoms with Crippen molar-refractivity contribution in [3.63, 3.8) is 0 Å². The van der Waals surface area contributed by atoms with Crippen molar-refractivity contribution in [2.75, 3.05) is 50.8 Å². The molecule has 1 aromatic rings. The maximum atomic E-state index is 12.5. The number of nitrogens with zero attached hydrogens (tertiary/aromatic N) is 4. The van der Waals surface area contributed by atoms with Gasteiger partial charge in [0.2, 0.25) is 0 Å². The Morgan fingerprint density at radius 1 is 1.17 bits per heavy atom. The maximum Gasteiger partial charge on any atom is 0.410 e. The molecule has 4 heterocycles. The number of ether oxygens (including phenoxy) is 2. The lowest BCUT2D eigenvalue weighted by Gasteiger charge is -2.37. The van der Waals surface area contributed by atoms with Gasteiger partial charge < -0.3 is 19.3 Å². The molecule has 30 heavy (non-hydrogen) atoms. The Bertz CT molecular complexity index is 723. The first-order chi connectivity index (χ1) is 14.6. The number of likely N-dealkylation sites (tertiary alicyclic amines) is 1. The molecule has 1 amide bonds. The Balaban J connectivity index is 1.26. The molecule has 0 saturated carbocycles. The summed E-state index contributed by atoms with van der Waals surface area (Å²) < 4.78 is 10.9. The molecule has 0 spiro atoms. The van der Waals surface area contributed by atoms with Crippen LogP contribution in [-0.2, 0) is 14.3 Å². The fourth-order valence-corrected chi connectivity index (χ4v) is 4.89. The van der Waals surface area contributed by atoms with Gasteiger partial charge in [-0.2, -0.15) is 0 Å². The Hall–Kier alpha value is -2.35. The van der Waals surface area contributed by atoms with Gasteiger partial charge >= 0.3 is 12.1 Å². The van der Waals surface area contributed by atoms with E-state index in [2.05, 4.69) is 14.8 Å². The molecule has 2 atom stereocenters. The molecule has 0 bridgehead atoms. The second kappa shape index (κ2) is 9.64. The van der Waals surface area contributed by atoms with Crippen LogP contribution < -0.4 is 4.90 Å². The van der Waals surface area contributed by atoms with Crippen LogP contribution in [0.1, 0.15) is 32.6 Å². The minimum absolute atomic E-state index is 0.0654. The highest BCUT2D eigenvalue weighted by Gasteiger charge is 2.39. The Labute approximate surface area is 178 Å². The Morgan fingerprint density at radius 3 is 2.67 bits per heavy atom. The molecule has 0 aromatic carbocycles. The quantitative estimate of drug-likeness (QED) is 0.658. The lowest BCUT2D eigenvalue weighted by Crippen LogP contribution is -2.46. The molecular weight excluding hydrogens is 384 g/mol. The van der Waals surface area contributed by atoms with Crippen molar-refractivity contribution >= 4 is 17.7 Å². The Morgan fingerprint density at radius 2 is 1.93 bits per heavy atom. The third-order valence-electron chi connectivity index (χ3n) is 6.42. The van der Waals surface area contributed by atoms with Crippen LogP contribution in [0.5, 0.6) is 0 Å². The number of hydrogen-bond donors (Lipinski definition) is 0. The highest BCUT2D eigenvalue weighted by Crippen LogP contribution is 2.26. The van der Waals surface area contributed by atoms with Crippen molar-refractivity contribution in [2.45, 2.75) is 44.8 Å². The van der Waals surface area contributed by atoms with Gasteiger partial charge in [0, 0.05) is 50.3 Å². The summed E-state index contributed by atoms with van der Waals surface area (Å²) in [5.41, 5.74) is 1.19. The largest absolute Gasteiger partial charge is 0.466 e. The number of carbonyl (C=O) groups is 2. The topological polar surface area (TPSA) is 75.2 Å². The van der Waals surface area contributed by atoms with Gasteiger partial charge in [0.15, 0.2) is 0 Å². The van der Waals surface area contributed by atoms with Crippen molar-refractivity contribution < 1.29 is 19.1 Å². The predicted octanol–water partition coefficient (Wildman–Crippen LogP) is 2.15. The van der Waals surface area contributed by atoms with Crippen LogP contribution in [0.15, 0.2) is 24.5 Å². The molecule has 4 rings (SSSR count). The van der Waals surface area contributed by atoms with E-state index in [1.807, 2.05) is 36.4 Å². The molecular formula is C22H32N4O4. The molecule has 8 nitrogen and oxygen atoms in total. The van der Waals surface area contributed by atoms with Gasteiger partial charge in [-0.15, -0.1) is 0 Å². The predicted molar refractivity (Wildman–Crippen MR) is 112 cm³/mol. The standard InChI is InChI=1S/C22H32N4O4/c1-2-29-21(27)17-4-3-11-24(14-17)15-20-16-26(22(28)30-20)19-7-12-25(13-8-19)18-5-9-23-10-6-18/h5-6,9-10,17,19-20H,2-4,7-8,11-16H2,1H3. The fourth-order valence-electron chi connectivity index (χ4n) is 4.89. The number of pyridine rings is 1. The summed E-state index contributed by atoms with van der Waals surface area (Å²) in [6.45, 7) is 7.07. The minimum Gasteiger partial charge on any atom is -0.466 e. The van der Waals surface area contributed by atoms with E-state index in [1.165, 1.54) is 5.69 Å². The summed E-state index contributed by atoms with van der Waals surface area (Å²) in [7, 11) is 0. The van der Waals surface area contributed by atoms with Gasteiger partial charge in [0.05, 0.1) is 19.1 Å². The summed E-state index contributed by atoms with van der Waals surface area (Å²) in [5, 5.41) is 0. The molecule has 3 fully saturated rings. The SMILES string of the molecule is CCOC(=O)C1CCCN(CC2CN(C3CCN(c4ccncc4)CC3)C(=O)O2)C1. The van der Waals surface area contributed by atoms with Gasteiger partial charge in [-0.3, -0.25) is 14.7 Å². The molecule has 0 aliphatic carbocycles. The van der Waals surface area contributed by atoms with Crippen LogP contribution >= 0.6 is 0 Å². The number of rotatable bonds is 6. The summed E-state index contributed by atoms with van der Waals surface area (Å²) >= 11 is 0. The maximum absolute atomic E-state index is 12.5. The van der Waals surface area contributed by atoms with Crippen LogP contribution in [0.4, 0.5) is 10.5 Å². The van der Waals surface area contributed by atoms with Crippen LogP contribution in [0.3, 0.4) is 0 Å². The third kappa shape index (κ3) is 4.86. The lowest BCUT2D eigenvalue weighted by molar-refractivity contribution is -0.150. The van der Waals surface area contributed by atoms with E-state index < -0.39 is 0 Å². The minimum atomic E-state index is -0.193. The van der Waals surface area contributed by atoms with E-state index in [0.717, 1.165) is 45.3 Å². The summed E-state index contributed by atoms with van der Waals surface area (Å²) in [6, 6.07) is 4.29. The number of anilines is 1. The zero-order chi connectivity index (χ0) is 20.9. The van der Waals surface area contributed by atoms with Crippen molar-refractivity contribution in [3.8, 4) is 0 Å². The van der Waals surface area contributed by atoms with E-state index in [9.17, 15) is 9.59 Å². The van der Waals surface area contributed by atoms with E-state index >= 15 is 0 Å². The summed E-state index contributed by atoms with van der Waals surface area (Å²) in [6.07, 6.45) is 7.05. The number of carbonyl (C=O) groups excluding carboxylic acids is 2. The smallest absolute Gasteiger partial charge is 0.410 e. The number of amides is 1. The van der Waals surface area contributed by atoms with Crippen molar-refractivity contribution in [1.82, 2.24) is 14.8 Å². The normalized spacial score (nSPS) is 26.0. The van der Waals surface area contributed by atoms with Crippen LogP contribution in [-0.4, -0.2) is 84.9 Å². The first-order valence-electron chi connectivity index (χ1n) is 11.1. The first kappa shape index (κ1) is 20.9. The number of piperidine rings is 2. The second-order valence-corrected chi connectivity index (χ2v) is 8.43. The average Bonchev–Trinajstić information content (AvgIpc) is 3.14. The van der Waals surface area contributed by atoms with Crippen LogP contribution in [0, 0.1) is 5.92 Å². The molecule has 0 radical (unpaired) electrons. The van der Waals surface area contributed by atoms with Crippen molar-refractivity contribution in [3.05, 3.63) is 24.5 Å². The van der Waals surface area contributed by atoms with Crippen molar-refractivity contribution in [2.24, 2.45) is 5.92 Å². The number of aromatic nitrogens is 1. The van der Waals surface area contributed by atoms with Gasteiger partial charge in [-0.05, 0) is 51.3 Å². The zero-order valence-electron chi connectivity index (χ0n) is 17.7. The second-order valence-electron chi connectivity index (χ2n) is 8.43.